The van der Waals surface area contributed by atoms with Gasteiger partial charge in [0.25, 0.3) is 0 Å². The van der Waals surface area contributed by atoms with Crippen molar-refractivity contribution in [1.82, 2.24) is 0 Å². The first-order chi connectivity index (χ1) is 4.83. The summed E-state index contributed by atoms with van der Waals surface area (Å²) in [6, 6.07) is 0. The SMILES string of the molecule is CCCC1(CCI)CCC1. The van der Waals surface area contributed by atoms with Crippen LogP contribution in [-0.2, 0) is 0 Å². The molecule has 0 radical (unpaired) electrons. The molecule has 1 fully saturated rings. The van der Waals surface area contributed by atoms with Gasteiger partial charge in [0, 0.05) is 4.43 Å². The smallest absolute Gasteiger partial charge is 0.0000556 e. The molecule has 0 saturated heterocycles. The Labute approximate surface area is 77.9 Å². The highest BCUT2D eigenvalue weighted by Gasteiger charge is 2.34. The summed E-state index contributed by atoms with van der Waals surface area (Å²) in [4.78, 5) is 0. The summed E-state index contributed by atoms with van der Waals surface area (Å²) in [6.45, 7) is 2.31. The van der Waals surface area contributed by atoms with E-state index in [4.69, 9.17) is 0 Å². The summed E-state index contributed by atoms with van der Waals surface area (Å²) in [5.74, 6) is 0. The van der Waals surface area contributed by atoms with E-state index >= 15 is 0 Å². The van der Waals surface area contributed by atoms with Crippen molar-refractivity contribution in [2.24, 2.45) is 5.41 Å². The molecule has 1 aliphatic rings. The van der Waals surface area contributed by atoms with Gasteiger partial charge >= 0.3 is 0 Å². The predicted molar refractivity (Wildman–Crippen MR) is 54.7 cm³/mol. The van der Waals surface area contributed by atoms with Gasteiger partial charge in [0.2, 0.25) is 0 Å². The highest BCUT2D eigenvalue weighted by Crippen LogP contribution is 2.47. The van der Waals surface area contributed by atoms with Crippen LogP contribution in [0.1, 0.15) is 45.4 Å². The van der Waals surface area contributed by atoms with Crippen molar-refractivity contribution in [3.63, 3.8) is 0 Å². The molecule has 0 unspecified atom stereocenters. The molecule has 0 N–H and O–H groups in total. The van der Waals surface area contributed by atoms with Crippen LogP contribution in [0.3, 0.4) is 0 Å². The lowest BCUT2D eigenvalue weighted by Gasteiger charge is -2.41. The van der Waals surface area contributed by atoms with E-state index in [9.17, 15) is 0 Å². The van der Waals surface area contributed by atoms with Crippen LogP contribution in [0.25, 0.3) is 0 Å². The molecule has 0 heterocycles. The van der Waals surface area contributed by atoms with Gasteiger partial charge in [0.05, 0.1) is 0 Å². The van der Waals surface area contributed by atoms with E-state index in [0.717, 1.165) is 5.41 Å². The minimum absolute atomic E-state index is 0.815. The van der Waals surface area contributed by atoms with Crippen molar-refractivity contribution >= 4 is 22.6 Å². The van der Waals surface area contributed by atoms with Gasteiger partial charge in [-0.05, 0) is 31.1 Å². The quantitative estimate of drug-likeness (QED) is 0.527. The molecule has 0 atom stereocenters. The summed E-state index contributed by atoms with van der Waals surface area (Å²) < 4.78 is 1.36. The van der Waals surface area contributed by atoms with E-state index in [0.29, 0.717) is 0 Å². The second kappa shape index (κ2) is 3.93. The highest BCUT2D eigenvalue weighted by atomic mass is 127. The van der Waals surface area contributed by atoms with Crippen molar-refractivity contribution in [3.05, 3.63) is 0 Å². The molecule has 0 bridgehead atoms. The normalized spacial score (nSPS) is 22.2. The lowest BCUT2D eigenvalue weighted by Crippen LogP contribution is -2.29. The molecule has 1 heteroatoms. The van der Waals surface area contributed by atoms with Gasteiger partial charge < -0.3 is 0 Å². The van der Waals surface area contributed by atoms with Crippen molar-refractivity contribution in [1.29, 1.82) is 0 Å². The highest BCUT2D eigenvalue weighted by molar-refractivity contribution is 14.1. The van der Waals surface area contributed by atoms with Crippen LogP contribution in [0.2, 0.25) is 0 Å². The lowest BCUT2D eigenvalue weighted by molar-refractivity contribution is 0.115. The molecular formula is C9H17I. The zero-order chi connectivity index (χ0) is 7.45. The molecule has 0 amide bonds. The molecule has 0 aromatic rings. The number of hydrogen-bond donors (Lipinski definition) is 0. The van der Waals surface area contributed by atoms with Crippen molar-refractivity contribution in [2.75, 3.05) is 4.43 Å². The maximum Gasteiger partial charge on any atom is 0.0000556 e. The Bertz CT molecular complexity index is 86.9. The van der Waals surface area contributed by atoms with Gasteiger partial charge in [-0.3, -0.25) is 0 Å². The summed E-state index contributed by atoms with van der Waals surface area (Å²) >= 11 is 2.51. The second-order valence-corrected chi connectivity index (χ2v) is 4.62. The number of alkyl halides is 1. The summed E-state index contributed by atoms with van der Waals surface area (Å²) in [5.41, 5.74) is 0.815. The van der Waals surface area contributed by atoms with Gasteiger partial charge in [0.1, 0.15) is 0 Å². The molecule has 0 aromatic carbocycles. The van der Waals surface area contributed by atoms with Gasteiger partial charge in [-0.25, -0.2) is 0 Å². The standard InChI is InChI=1S/C9H17I/c1-2-4-9(7-8-10)5-3-6-9/h2-8H2,1H3. The van der Waals surface area contributed by atoms with Crippen molar-refractivity contribution in [3.8, 4) is 0 Å². The van der Waals surface area contributed by atoms with E-state index < -0.39 is 0 Å². The van der Waals surface area contributed by atoms with Gasteiger partial charge in [-0.1, -0.05) is 42.4 Å². The maximum absolute atomic E-state index is 2.51. The second-order valence-electron chi connectivity index (χ2n) is 3.54. The molecule has 0 aliphatic heterocycles. The first kappa shape index (κ1) is 8.82. The van der Waals surface area contributed by atoms with E-state index in [1.54, 1.807) is 0 Å². The largest absolute Gasteiger partial charge is 0.0864 e. The minimum atomic E-state index is 0.815. The van der Waals surface area contributed by atoms with Gasteiger partial charge in [-0.15, -0.1) is 0 Å². The molecule has 1 saturated carbocycles. The maximum atomic E-state index is 2.51. The van der Waals surface area contributed by atoms with Crippen LogP contribution >= 0.6 is 22.6 Å². The first-order valence-electron chi connectivity index (χ1n) is 4.39. The van der Waals surface area contributed by atoms with Gasteiger partial charge in [0.15, 0.2) is 0 Å². The third kappa shape index (κ3) is 1.86. The Morgan fingerprint density at radius 3 is 2.30 bits per heavy atom. The Morgan fingerprint density at radius 2 is 2.00 bits per heavy atom. The number of halogens is 1. The molecule has 1 aliphatic carbocycles. The minimum Gasteiger partial charge on any atom is -0.0864 e. The molecule has 60 valence electrons. The third-order valence-corrected chi connectivity index (χ3v) is 3.36. The Kier molecular flexibility index (Phi) is 3.47. The molecule has 0 aromatic heterocycles. The summed E-state index contributed by atoms with van der Waals surface area (Å²) in [6.07, 6.45) is 8.87. The number of rotatable bonds is 4. The van der Waals surface area contributed by atoms with Crippen LogP contribution in [-0.4, -0.2) is 4.43 Å². The fourth-order valence-electron chi connectivity index (χ4n) is 2.03. The monoisotopic (exact) mass is 252 g/mol. The van der Waals surface area contributed by atoms with Gasteiger partial charge in [-0.2, -0.15) is 0 Å². The first-order valence-corrected chi connectivity index (χ1v) is 5.91. The van der Waals surface area contributed by atoms with Crippen molar-refractivity contribution < 1.29 is 0 Å². The molecule has 1 rings (SSSR count). The Morgan fingerprint density at radius 1 is 1.30 bits per heavy atom. The number of hydrogen-bond acceptors (Lipinski definition) is 0. The van der Waals surface area contributed by atoms with Crippen LogP contribution in [0.4, 0.5) is 0 Å². The molecule has 0 spiro atoms. The zero-order valence-electron chi connectivity index (χ0n) is 6.83. The van der Waals surface area contributed by atoms with Crippen LogP contribution in [0.15, 0.2) is 0 Å². The lowest BCUT2D eigenvalue weighted by atomic mass is 9.64. The average molecular weight is 252 g/mol. The molecule has 10 heavy (non-hydrogen) atoms. The van der Waals surface area contributed by atoms with E-state index in [-0.39, 0.29) is 0 Å². The fourth-order valence-corrected chi connectivity index (χ4v) is 3.18. The van der Waals surface area contributed by atoms with E-state index in [2.05, 4.69) is 29.5 Å². The predicted octanol–water partition coefficient (Wildman–Crippen LogP) is 3.78. The zero-order valence-corrected chi connectivity index (χ0v) is 8.99. The average Bonchev–Trinajstić information content (AvgIpc) is 1.84. The summed E-state index contributed by atoms with van der Waals surface area (Å²) in [5, 5.41) is 0. The van der Waals surface area contributed by atoms with E-state index in [1.165, 1.54) is 43.0 Å². The van der Waals surface area contributed by atoms with E-state index in [1.807, 2.05) is 0 Å². The van der Waals surface area contributed by atoms with Crippen LogP contribution in [0, 0.1) is 5.41 Å². The van der Waals surface area contributed by atoms with Crippen LogP contribution < -0.4 is 0 Å². The topological polar surface area (TPSA) is 0 Å². The Hall–Kier alpha value is 0.730. The van der Waals surface area contributed by atoms with Crippen LogP contribution in [0.5, 0.6) is 0 Å². The third-order valence-electron chi connectivity index (χ3n) is 2.82. The summed E-state index contributed by atoms with van der Waals surface area (Å²) in [7, 11) is 0. The molecule has 0 nitrogen and oxygen atoms in total. The van der Waals surface area contributed by atoms with Crippen molar-refractivity contribution in [2.45, 2.75) is 45.4 Å². The Balaban J connectivity index is 2.27. The molecular weight excluding hydrogens is 235 g/mol. The fraction of sp³-hybridized carbons (Fsp3) is 1.00.